The summed E-state index contributed by atoms with van der Waals surface area (Å²) in [6.07, 6.45) is 3.83. The molecule has 1 saturated carbocycles. The number of methoxy groups -OCH3 is 1. The zero-order valence-electron chi connectivity index (χ0n) is 11.9. The van der Waals surface area contributed by atoms with E-state index in [9.17, 15) is 9.59 Å². The number of likely N-dealkylation sites (tertiary alicyclic amines) is 1. The normalized spacial score (nSPS) is 22.9. The second-order valence-electron chi connectivity index (χ2n) is 5.84. The number of aromatic nitrogens is 1. The number of piperidine rings is 1. The highest BCUT2D eigenvalue weighted by molar-refractivity contribution is 5.94. The number of amides is 1. The molecule has 0 bridgehead atoms. The second-order valence-corrected chi connectivity index (χ2v) is 5.84. The van der Waals surface area contributed by atoms with E-state index >= 15 is 0 Å². The lowest BCUT2D eigenvalue weighted by Gasteiger charge is -2.32. The average molecular weight is 290 g/mol. The Morgan fingerprint density at radius 3 is 2.57 bits per heavy atom. The highest BCUT2D eigenvalue weighted by Gasteiger charge is 2.59. The number of carbonyl (C=O) groups is 2. The highest BCUT2D eigenvalue weighted by Crippen LogP contribution is 2.59. The fourth-order valence-corrected chi connectivity index (χ4v) is 3.21. The Balaban J connectivity index is 1.61. The molecule has 6 heteroatoms. The van der Waals surface area contributed by atoms with Gasteiger partial charge in [-0.15, -0.1) is 0 Å². The molecular weight excluding hydrogens is 272 g/mol. The van der Waals surface area contributed by atoms with E-state index in [0.29, 0.717) is 24.5 Å². The molecular formula is C15H18N2O4. The smallest absolute Gasteiger partial charge is 0.307 e. The minimum atomic E-state index is -0.700. The van der Waals surface area contributed by atoms with Gasteiger partial charge < -0.3 is 14.7 Å². The Hall–Kier alpha value is -2.11. The molecule has 1 unspecified atom stereocenters. The lowest BCUT2D eigenvalue weighted by atomic mass is 9.90. The number of ether oxygens (including phenoxy) is 1. The summed E-state index contributed by atoms with van der Waals surface area (Å²) in [5.74, 6) is -0.481. The van der Waals surface area contributed by atoms with Gasteiger partial charge in [-0.05, 0) is 30.7 Å². The molecule has 0 aromatic carbocycles. The van der Waals surface area contributed by atoms with Gasteiger partial charge in [0.05, 0.1) is 18.6 Å². The van der Waals surface area contributed by atoms with Crippen molar-refractivity contribution in [2.75, 3.05) is 20.2 Å². The molecule has 1 spiro atoms. The summed E-state index contributed by atoms with van der Waals surface area (Å²) in [5, 5.41) is 9.07. The van der Waals surface area contributed by atoms with Crippen molar-refractivity contribution in [2.45, 2.75) is 19.3 Å². The van der Waals surface area contributed by atoms with Gasteiger partial charge in [0, 0.05) is 25.4 Å². The van der Waals surface area contributed by atoms with Crippen LogP contribution in [0.5, 0.6) is 5.88 Å². The maximum atomic E-state index is 12.4. The van der Waals surface area contributed by atoms with Crippen molar-refractivity contribution in [1.29, 1.82) is 0 Å². The van der Waals surface area contributed by atoms with Crippen LogP contribution in [0, 0.1) is 11.3 Å². The molecule has 2 aliphatic rings. The first-order valence-corrected chi connectivity index (χ1v) is 7.08. The fraction of sp³-hybridized carbons (Fsp3) is 0.533. The van der Waals surface area contributed by atoms with Crippen molar-refractivity contribution in [3.8, 4) is 5.88 Å². The number of carboxylic acids is 1. The van der Waals surface area contributed by atoms with E-state index in [4.69, 9.17) is 9.84 Å². The van der Waals surface area contributed by atoms with Gasteiger partial charge in [0.1, 0.15) is 0 Å². The summed E-state index contributed by atoms with van der Waals surface area (Å²) < 4.78 is 4.97. The second kappa shape index (κ2) is 5.02. The molecule has 1 atom stereocenters. The minimum absolute atomic E-state index is 0.0486. The van der Waals surface area contributed by atoms with Crippen LogP contribution in [0.1, 0.15) is 29.6 Å². The summed E-state index contributed by atoms with van der Waals surface area (Å²) in [6, 6.07) is 3.37. The van der Waals surface area contributed by atoms with Crippen molar-refractivity contribution in [3.05, 3.63) is 23.9 Å². The van der Waals surface area contributed by atoms with Crippen LogP contribution in [0.15, 0.2) is 18.3 Å². The number of pyridine rings is 1. The Bertz CT molecular complexity index is 562. The van der Waals surface area contributed by atoms with Gasteiger partial charge in [-0.3, -0.25) is 9.59 Å². The molecule has 6 nitrogen and oxygen atoms in total. The van der Waals surface area contributed by atoms with E-state index in [2.05, 4.69) is 4.98 Å². The number of nitrogens with zero attached hydrogens (tertiary/aromatic N) is 2. The average Bonchev–Trinajstić information content (AvgIpc) is 3.21. The monoisotopic (exact) mass is 290 g/mol. The summed E-state index contributed by atoms with van der Waals surface area (Å²) in [4.78, 5) is 29.2. The molecule has 1 aromatic rings. The Morgan fingerprint density at radius 1 is 1.38 bits per heavy atom. The molecule has 2 fully saturated rings. The van der Waals surface area contributed by atoms with Crippen LogP contribution in [-0.2, 0) is 4.79 Å². The number of aliphatic carboxylic acids is 1. The van der Waals surface area contributed by atoms with E-state index in [1.807, 2.05) is 0 Å². The highest BCUT2D eigenvalue weighted by atomic mass is 16.5. The number of carbonyl (C=O) groups excluding carboxylic acids is 1. The molecule has 3 rings (SSSR count). The summed E-state index contributed by atoms with van der Waals surface area (Å²) in [5.41, 5.74) is 0.484. The maximum Gasteiger partial charge on any atom is 0.307 e. The molecule has 1 N–H and O–H groups in total. The molecule has 112 valence electrons. The quantitative estimate of drug-likeness (QED) is 0.910. The van der Waals surface area contributed by atoms with Crippen LogP contribution in [0.3, 0.4) is 0 Å². The Labute approximate surface area is 122 Å². The van der Waals surface area contributed by atoms with Crippen LogP contribution in [0.4, 0.5) is 0 Å². The lowest BCUT2D eigenvalue weighted by Crippen LogP contribution is -2.40. The van der Waals surface area contributed by atoms with Crippen molar-refractivity contribution >= 4 is 11.9 Å². The molecule has 2 heterocycles. The van der Waals surface area contributed by atoms with Gasteiger partial charge in [0.25, 0.3) is 5.91 Å². The van der Waals surface area contributed by atoms with E-state index in [-0.39, 0.29) is 17.2 Å². The van der Waals surface area contributed by atoms with Gasteiger partial charge in [-0.2, -0.15) is 0 Å². The van der Waals surface area contributed by atoms with Crippen LogP contribution >= 0.6 is 0 Å². The van der Waals surface area contributed by atoms with Crippen LogP contribution in [-0.4, -0.2) is 47.1 Å². The largest absolute Gasteiger partial charge is 0.481 e. The molecule has 1 amide bonds. The van der Waals surface area contributed by atoms with Crippen LogP contribution < -0.4 is 4.74 Å². The van der Waals surface area contributed by atoms with E-state index in [1.54, 1.807) is 17.0 Å². The summed E-state index contributed by atoms with van der Waals surface area (Å²) in [7, 11) is 1.53. The van der Waals surface area contributed by atoms with Crippen molar-refractivity contribution in [2.24, 2.45) is 11.3 Å². The standard InChI is InChI=1S/C15H18N2O4/c1-21-12-3-2-10(9-16-12)13(18)17-6-4-15(5-7-17)8-11(15)14(19)20/h2-3,9,11H,4-8H2,1H3,(H,19,20). The molecule has 0 radical (unpaired) electrons. The number of hydrogen-bond donors (Lipinski definition) is 1. The topological polar surface area (TPSA) is 79.7 Å². The summed E-state index contributed by atoms with van der Waals surface area (Å²) in [6.45, 7) is 1.24. The molecule has 21 heavy (non-hydrogen) atoms. The predicted octanol–water partition coefficient (Wildman–Crippen LogP) is 1.42. The summed E-state index contributed by atoms with van der Waals surface area (Å²) >= 11 is 0. The van der Waals surface area contributed by atoms with Crippen molar-refractivity contribution < 1.29 is 19.4 Å². The first-order chi connectivity index (χ1) is 10.1. The van der Waals surface area contributed by atoms with Crippen molar-refractivity contribution in [3.63, 3.8) is 0 Å². The first kappa shape index (κ1) is 13.9. The molecule has 1 aliphatic heterocycles. The van der Waals surface area contributed by atoms with Gasteiger partial charge in [0.15, 0.2) is 0 Å². The third-order valence-electron chi connectivity index (χ3n) is 4.73. The number of rotatable bonds is 3. The molecule has 1 aromatic heterocycles. The minimum Gasteiger partial charge on any atom is -0.481 e. The molecule has 1 aliphatic carbocycles. The predicted molar refractivity (Wildman–Crippen MR) is 74.1 cm³/mol. The van der Waals surface area contributed by atoms with Gasteiger partial charge in [-0.25, -0.2) is 4.98 Å². The van der Waals surface area contributed by atoms with Gasteiger partial charge in [-0.1, -0.05) is 0 Å². The van der Waals surface area contributed by atoms with Gasteiger partial charge >= 0.3 is 5.97 Å². The van der Waals surface area contributed by atoms with E-state index in [1.165, 1.54) is 13.3 Å². The fourth-order valence-electron chi connectivity index (χ4n) is 3.21. The van der Waals surface area contributed by atoms with Gasteiger partial charge in [0.2, 0.25) is 5.88 Å². The van der Waals surface area contributed by atoms with Crippen LogP contribution in [0.2, 0.25) is 0 Å². The SMILES string of the molecule is COc1ccc(C(=O)N2CCC3(CC2)CC3C(=O)O)cn1. The third kappa shape index (κ3) is 2.46. The third-order valence-corrected chi connectivity index (χ3v) is 4.73. The first-order valence-electron chi connectivity index (χ1n) is 7.08. The Morgan fingerprint density at radius 2 is 2.10 bits per heavy atom. The lowest BCUT2D eigenvalue weighted by molar-refractivity contribution is -0.139. The van der Waals surface area contributed by atoms with E-state index in [0.717, 1.165) is 19.3 Å². The number of carboxylic acid groups (broad SMARTS) is 1. The van der Waals surface area contributed by atoms with E-state index < -0.39 is 5.97 Å². The van der Waals surface area contributed by atoms with Crippen molar-refractivity contribution in [1.82, 2.24) is 9.88 Å². The maximum absolute atomic E-state index is 12.4. The number of hydrogen-bond acceptors (Lipinski definition) is 4. The zero-order chi connectivity index (χ0) is 15.0. The molecule has 1 saturated heterocycles. The van der Waals surface area contributed by atoms with Crippen LogP contribution in [0.25, 0.3) is 0 Å². The Kier molecular flexibility index (Phi) is 3.31. The zero-order valence-corrected chi connectivity index (χ0v) is 11.9.